The first-order valence-electron chi connectivity index (χ1n) is 6.68. The SMILES string of the molecule is CN(C)CCCn1nc(N)c2nc3ccccc3nc21.Cl. The molecule has 2 aromatic heterocycles. The highest BCUT2D eigenvalue weighted by Crippen LogP contribution is 2.20. The number of rotatable bonds is 4. The van der Waals surface area contributed by atoms with Crippen LogP contribution in [0.15, 0.2) is 24.3 Å². The summed E-state index contributed by atoms with van der Waals surface area (Å²) < 4.78 is 1.85. The molecule has 0 aliphatic heterocycles. The zero-order valence-electron chi connectivity index (χ0n) is 12.2. The van der Waals surface area contributed by atoms with E-state index in [0.717, 1.165) is 36.2 Å². The largest absolute Gasteiger partial charge is 0.380 e. The third kappa shape index (κ3) is 3.06. The number of hydrogen-bond acceptors (Lipinski definition) is 5. The fourth-order valence-corrected chi connectivity index (χ4v) is 2.26. The Labute approximate surface area is 129 Å². The zero-order valence-corrected chi connectivity index (χ0v) is 13.0. The first-order valence-corrected chi connectivity index (χ1v) is 6.68. The van der Waals surface area contributed by atoms with Crippen molar-refractivity contribution in [3.05, 3.63) is 24.3 Å². The normalized spacial score (nSPS) is 11.2. The van der Waals surface area contributed by atoms with Crippen molar-refractivity contribution in [2.75, 3.05) is 26.4 Å². The molecule has 0 bridgehead atoms. The second-order valence-corrected chi connectivity index (χ2v) is 5.15. The quantitative estimate of drug-likeness (QED) is 0.797. The fraction of sp³-hybridized carbons (Fsp3) is 0.357. The Morgan fingerprint density at radius 1 is 1.14 bits per heavy atom. The standard InChI is InChI=1S/C14H18N6.ClH/c1-19(2)8-5-9-20-14-12(13(15)18-20)16-10-6-3-4-7-11(10)17-14;/h3-4,6-7H,5,8-9H2,1-2H3,(H2,15,18);1H. The predicted octanol–water partition coefficient (Wildman–Crippen LogP) is 1.94. The first kappa shape index (κ1) is 15.5. The van der Waals surface area contributed by atoms with Crippen LogP contribution in [0.3, 0.4) is 0 Å². The molecule has 0 aliphatic rings. The van der Waals surface area contributed by atoms with Gasteiger partial charge in [0.1, 0.15) is 0 Å². The van der Waals surface area contributed by atoms with Gasteiger partial charge in [0.25, 0.3) is 0 Å². The summed E-state index contributed by atoms with van der Waals surface area (Å²) in [6.45, 7) is 1.79. The van der Waals surface area contributed by atoms with E-state index < -0.39 is 0 Å². The van der Waals surface area contributed by atoms with Crippen molar-refractivity contribution in [1.82, 2.24) is 24.6 Å². The number of hydrogen-bond donors (Lipinski definition) is 1. The fourth-order valence-electron chi connectivity index (χ4n) is 2.26. The number of halogens is 1. The summed E-state index contributed by atoms with van der Waals surface area (Å²) in [5.74, 6) is 0.447. The minimum Gasteiger partial charge on any atom is -0.380 e. The van der Waals surface area contributed by atoms with Crippen LogP contribution >= 0.6 is 12.4 Å². The molecular formula is C14H19ClN6. The van der Waals surface area contributed by atoms with E-state index in [1.54, 1.807) is 0 Å². The molecule has 0 saturated carbocycles. The Kier molecular flexibility index (Phi) is 4.59. The second kappa shape index (κ2) is 6.24. The van der Waals surface area contributed by atoms with Gasteiger partial charge in [-0.15, -0.1) is 12.4 Å². The number of nitrogen functional groups attached to an aromatic ring is 1. The lowest BCUT2D eigenvalue weighted by Gasteiger charge is -2.09. The van der Waals surface area contributed by atoms with Crippen molar-refractivity contribution in [3.8, 4) is 0 Å². The van der Waals surface area contributed by atoms with Crippen molar-refractivity contribution in [2.24, 2.45) is 0 Å². The Hall–Kier alpha value is -1.92. The summed E-state index contributed by atoms with van der Waals surface area (Å²) in [6, 6.07) is 7.79. The molecule has 7 heteroatoms. The Bertz CT molecular complexity index is 752. The molecule has 0 aliphatic carbocycles. The van der Waals surface area contributed by atoms with Crippen LogP contribution in [0.4, 0.5) is 5.82 Å². The average molecular weight is 307 g/mol. The lowest BCUT2D eigenvalue weighted by atomic mass is 10.3. The number of nitrogens with zero attached hydrogens (tertiary/aromatic N) is 5. The summed E-state index contributed by atoms with van der Waals surface area (Å²) in [5.41, 5.74) is 9.12. The first-order chi connectivity index (χ1) is 9.65. The molecule has 0 amide bonds. The van der Waals surface area contributed by atoms with Crippen LogP contribution in [-0.4, -0.2) is 45.3 Å². The van der Waals surface area contributed by atoms with Crippen molar-refractivity contribution in [3.63, 3.8) is 0 Å². The molecule has 0 radical (unpaired) electrons. The van der Waals surface area contributed by atoms with Gasteiger partial charge >= 0.3 is 0 Å². The predicted molar refractivity (Wildman–Crippen MR) is 87.7 cm³/mol. The maximum atomic E-state index is 5.95. The van der Waals surface area contributed by atoms with Crippen LogP contribution in [0.25, 0.3) is 22.2 Å². The number of anilines is 1. The third-order valence-electron chi connectivity index (χ3n) is 3.24. The summed E-state index contributed by atoms with van der Waals surface area (Å²) >= 11 is 0. The minimum absolute atomic E-state index is 0. The molecule has 6 nitrogen and oxygen atoms in total. The van der Waals surface area contributed by atoms with Crippen LogP contribution in [0.5, 0.6) is 0 Å². The summed E-state index contributed by atoms with van der Waals surface area (Å²) in [7, 11) is 4.12. The zero-order chi connectivity index (χ0) is 14.1. The molecule has 0 unspecified atom stereocenters. The van der Waals surface area contributed by atoms with E-state index in [-0.39, 0.29) is 12.4 Å². The van der Waals surface area contributed by atoms with Gasteiger partial charge in [-0.3, -0.25) is 0 Å². The molecule has 0 fully saturated rings. The Morgan fingerprint density at radius 2 is 1.81 bits per heavy atom. The monoisotopic (exact) mass is 306 g/mol. The average Bonchev–Trinajstić information content (AvgIpc) is 2.73. The molecule has 0 saturated heterocycles. The van der Waals surface area contributed by atoms with Gasteiger partial charge in [-0.1, -0.05) is 12.1 Å². The molecule has 2 N–H and O–H groups in total. The molecule has 3 aromatic rings. The van der Waals surface area contributed by atoms with Gasteiger partial charge in [0, 0.05) is 6.54 Å². The van der Waals surface area contributed by atoms with Gasteiger partial charge < -0.3 is 10.6 Å². The van der Waals surface area contributed by atoms with Gasteiger partial charge in [-0.2, -0.15) is 5.10 Å². The summed E-state index contributed by atoms with van der Waals surface area (Å²) in [6.07, 6.45) is 0.998. The highest BCUT2D eigenvalue weighted by Gasteiger charge is 2.12. The summed E-state index contributed by atoms with van der Waals surface area (Å²) in [5, 5.41) is 4.36. The second-order valence-electron chi connectivity index (χ2n) is 5.15. The molecule has 21 heavy (non-hydrogen) atoms. The van der Waals surface area contributed by atoms with Crippen LogP contribution in [0.2, 0.25) is 0 Å². The number of fused-ring (bicyclic) bond motifs is 2. The van der Waals surface area contributed by atoms with E-state index in [1.807, 2.05) is 28.9 Å². The van der Waals surface area contributed by atoms with Crippen LogP contribution in [0.1, 0.15) is 6.42 Å². The lowest BCUT2D eigenvalue weighted by molar-refractivity contribution is 0.382. The van der Waals surface area contributed by atoms with Gasteiger partial charge in [0.2, 0.25) is 0 Å². The maximum absolute atomic E-state index is 5.95. The van der Waals surface area contributed by atoms with E-state index in [9.17, 15) is 0 Å². The number of aromatic nitrogens is 4. The molecule has 2 heterocycles. The van der Waals surface area contributed by atoms with E-state index in [1.165, 1.54) is 0 Å². The van der Waals surface area contributed by atoms with E-state index >= 15 is 0 Å². The van der Waals surface area contributed by atoms with Crippen molar-refractivity contribution >= 4 is 40.4 Å². The van der Waals surface area contributed by atoms with Crippen LogP contribution in [0, 0.1) is 0 Å². The van der Waals surface area contributed by atoms with E-state index in [4.69, 9.17) is 5.73 Å². The minimum atomic E-state index is 0. The van der Waals surface area contributed by atoms with Gasteiger partial charge in [0.05, 0.1) is 11.0 Å². The van der Waals surface area contributed by atoms with Gasteiger partial charge in [-0.05, 0) is 39.2 Å². The van der Waals surface area contributed by atoms with E-state index in [0.29, 0.717) is 11.3 Å². The lowest BCUT2D eigenvalue weighted by Crippen LogP contribution is -2.15. The summed E-state index contributed by atoms with van der Waals surface area (Å²) in [4.78, 5) is 11.3. The van der Waals surface area contributed by atoms with Crippen LogP contribution < -0.4 is 5.73 Å². The van der Waals surface area contributed by atoms with Gasteiger partial charge in [0.15, 0.2) is 17.0 Å². The van der Waals surface area contributed by atoms with Crippen molar-refractivity contribution in [1.29, 1.82) is 0 Å². The van der Waals surface area contributed by atoms with Crippen molar-refractivity contribution < 1.29 is 0 Å². The number of para-hydroxylation sites is 2. The maximum Gasteiger partial charge on any atom is 0.179 e. The van der Waals surface area contributed by atoms with Gasteiger partial charge in [-0.25, -0.2) is 14.6 Å². The Balaban J connectivity index is 0.00000161. The van der Waals surface area contributed by atoms with E-state index in [2.05, 4.69) is 34.1 Å². The number of benzene rings is 1. The smallest absolute Gasteiger partial charge is 0.179 e. The topological polar surface area (TPSA) is 72.9 Å². The highest BCUT2D eigenvalue weighted by molar-refractivity contribution is 5.89. The highest BCUT2D eigenvalue weighted by atomic mass is 35.5. The molecule has 0 atom stereocenters. The Morgan fingerprint density at radius 3 is 2.48 bits per heavy atom. The molecule has 1 aromatic carbocycles. The third-order valence-corrected chi connectivity index (χ3v) is 3.24. The molecule has 112 valence electrons. The molecule has 3 rings (SSSR count). The molecular weight excluding hydrogens is 288 g/mol. The van der Waals surface area contributed by atoms with Crippen LogP contribution in [-0.2, 0) is 6.54 Å². The van der Waals surface area contributed by atoms with Crippen molar-refractivity contribution in [2.45, 2.75) is 13.0 Å². The molecule has 0 spiro atoms. The number of aryl methyl sites for hydroxylation is 1. The number of nitrogens with two attached hydrogens (primary N) is 1.